The number of benzene rings is 2. The van der Waals surface area contributed by atoms with Gasteiger partial charge in [-0.05, 0) is 55.4 Å². The van der Waals surface area contributed by atoms with Crippen molar-refractivity contribution in [2.75, 3.05) is 6.54 Å². The van der Waals surface area contributed by atoms with E-state index in [4.69, 9.17) is 0 Å². The van der Waals surface area contributed by atoms with E-state index in [2.05, 4.69) is 42.7 Å². The van der Waals surface area contributed by atoms with Crippen LogP contribution < -0.4 is 10.6 Å². The average molecular weight is 405 g/mol. The summed E-state index contributed by atoms with van der Waals surface area (Å²) in [6.45, 7) is 4.89. The minimum Gasteiger partial charge on any atom is -0.336 e. The van der Waals surface area contributed by atoms with Crippen molar-refractivity contribution in [2.24, 2.45) is 0 Å². The number of hydrogen-bond acceptors (Lipinski definition) is 3. The molecule has 4 amide bonds. The van der Waals surface area contributed by atoms with Crippen LogP contribution in [0.3, 0.4) is 0 Å². The zero-order chi connectivity index (χ0) is 21.3. The highest BCUT2D eigenvalue weighted by atomic mass is 16.2. The van der Waals surface area contributed by atoms with E-state index in [0.717, 1.165) is 18.4 Å². The molecule has 2 heterocycles. The summed E-state index contributed by atoms with van der Waals surface area (Å²) in [6.07, 6.45) is 2.31. The molecular weight excluding hydrogens is 378 g/mol. The highest BCUT2D eigenvalue weighted by Gasteiger charge is 2.48. The maximum atomic E-state index is 13.2. The molecule has 2 atom stereocenters. The number of aryl methyl sites for hydroxylation is 2. The minimum absolute atomic E-state index is 0.0139. The highest BCUT2D eigenvalue weighted by Crippen LogP contribution is 2.35. The highest BCUT2D eigenvalue weighted by molar-refractivity contribution is 6.07. The lowest BCUT2D eigenvalue weighted by molar-refractivity contribution is -0.133. The molecule has 2 fully saturated rings. The summed E-state index contributed by atoms with van der Waals surface area (Å²) in [5.41, 5.74) is 3.11. The Labute approximate surface area is 176 Å². The molecule has 2 aliphatic rings. The van der Waals surface area contributed by atoms with Gasteiger partial charge in [-0.1, -0.05) is 48.5 Å². The molecular formula is C24H27N3O3. The summed E-state index contributed by atoms with van der Waals surface area (Å²) in [5.74, 6) is -0.390. The van der Waals surface area contributed by atoms with Gasteiger partial charge in [-0.15, -0.1) is 0 Å². The number of likely N-dealkylation sites (tertiary alicyclic amines) is 1. The summed E-state index contributed by atoms with van der Waals surface area (Å²) in [5, 5.41) is 5.10. The lowest BCUT2D eigenvalue weighted by atomic mass is 9.85. The number of nitrogens with zero attached hydrogens (tertiary/aromatic N) is 1. The van der Waals surface area contributed by atoms with Gasteiger partial charge in [0.1, 0.15) is 5.54 Å². The molecule has 0 spiro atoms. The largest absolute Gasteiger partial charge is 0.336 e. The van der Waals surface area contributed by atoms with E-state index in [-0.39, 0.29) is 24.8 Å². The molecule has 0 radical (unpaired) electrons. The van der Waals surface area contributed by atoms with E-state index in [0.29, 0.717) is 12.1 Å². The Kier molecular flexibility index (Phi) is 5.33. The third-order valence-corrected chi connectivity index (χ3v) is 6.41. The number of amides is 4. The molecule has 6 nitrogen and oxygen atoms in total. The van der Waals surface area contributed by atoms with E-state index in [9.17, 15) is 14.4 Å². The summed E-state index contributed by atoms with van der Waals surface area (Å²) in [4.78, 5) is 39.7. The lowest BCUT2D eigenvalue weighted by Crippen LogP contribution is -2.45. The Bertz CT molecular complexity index is 988. The van der Waals surface area contributed by atoms with Gasteiger partial charge in [0.15, 0.2) is 0 Å². The quantitative estimate of drug-likeness (QED) is 0.748. The van der Waals surface area contributed by atoms with Gasteiger partial charge in [-0.25, -0.2) is 4.79 Å². The second kappa shape index (κ2) is 7.94. The molecule has 0 aromatic heterocycles. The molecule has 2 N–H and O–H groups in total. The van der Waals surface area contributed by atoms with E-state index in [1.807, 2.05) is 35.2 Å². The molecule has 6 heteroatoms. The maximum Gasteiger partial charge on any atom is 0.322 e. The van der Waals surface area contributed by atoms with Crippen LogP contribution in [0.1, 0.15) is 54.0 Å². The van der Waals surface area contributed by atoms with Crippen LogP contribution >= 0.6 is 0 Å². The molecule has 0 unspecified atom stereocenters. The van der Waals surface area contributed by atoms with Gasteiger partial charge in [0.25, 0.3) is 5.91 Å². The molecule has 0 bridgehead atoms. The van der Waals surface area contributed by atoms with E-state index >= 15 is 0 Å². The van der Waals surface area contributed by atoms with Gasteiger partial charge in [0, 0.05) is 13.0 Å². The summed E-state index contributed by atoms with van der Waals surface area (Å²) in [7, 11) is 0. The first-order chi connectivity index (χ1) is 14.4. The first-order valence-corrected chi connectivity index (χ1v) is 10.5. The molecule has 156 valence electrons. The van der Waals surface area contributed by atoms with Gasteiger partial charge in [0.2, 0.25) is 5.91 Å². The fourth-order valence-electron chi connectivity index (χ4n) is 4.56. The number of nitrogens with one attached hydrogen (secondary N) is 2. The first-order valence-electron chi connectivity index (χ1n) is 10.5. The Morgan fingerprint density at radius 1 is 1.10 bits per heavy atom. The van der Waals surface area contributed by atoms with Gasteiger partial charge >= 0.3 is 6.03 Å². The van der Waals surface area contributed by atoms with Crippen molar-refractivity contribution in [1.29, 1.82) is 0 Å². The van der Waals surface area contributed by atoms with Crippen LogP contribution in [0.15, 0.2) is 48.5 Å². The smallest absolute Gasteiger partial charge is 0.322 e. The maximum absolute atomic E-state index is 13.2. The fourth-order valence-corrected chi connectivity index (χ4v) is 4.56. The number of urea groups is 1. The number of rotatable bonds is 5. The molecule has 2 aliphatic heterocycles. The van der Waals surface area contributed by atoms with Crippen LogP contribution in [0.2, 0.25) is 0 Å². The fraction of sp³-hybridized carbons (Fsp3) is 0.375. The number of carbonyl (C=O) groups is 3. The predicted molar refractivity (Wildman–Crippen MR) is 114 cm³/mol. The van der Waals surface area contributed by atoms with Crippen molar-refractivity contribution >= 4 is 17.8 Å². The summed E-state index contributed by atoms with van der Waals surface area (Å²) < 4.78 is 0. The molecule has 0 saturated carbocycles. The van der Waals surface area contributed by atoms with Gasteiger partial charge in [-0.2, -0.15) is 0 Å². The van der Waals surface area contributed by atoms with Crippen LogP contribution in [-0.2, 0) is 15.1 Å². The van der Waals surface area contributed by atoms with Crippen molar-refractivity contribution in [2.45, 2.75) is 51.1 Å². The zero-order valence-electron chi connectivity index (χ0n) is 17.4. The molecule has 0 aliphatic carbocycles. The summed E-state index contributed by atoms with van der Waals surface area (Å²) >= 11 is 0. The predicted octanol–water partition coefficient (Wildman–Crippen LogP) is 3.48. The van der Waals surface area contributed by atoms with Crippen molar-refractivity contribution in [3.63, 3.8) is 0 Å². The van der Waals surface area contributed by atoms with Crippen LogP contribution in [-0.4, -0.2) is 29.3 Å². The normalized spacial score (nSPS) is 23.4. The first kappa shape index (κ1) is 20.1. The van der Waals surface area contributed by atoms with Crippen LogP contribution in [0.25, 0.3) is 0 Å². The van der Waals surface area contributed by atoms with E-state index in [1.54, 1.807) is 0 Å². The third kappa shape index (κ3) is 3.58. The topological polar surface area (TPSA) is 78.5 Å². The van der Waals surface area contributed by atoms with Gasteiger partial charge in [0.05, 0.1) is 6.04 Å². The molecule has 4 rings (SSSR count). The second-order valence-corrected chi connectivity index (χ2v) is 8.27. The molecule has 2 aromatic rings. The number of hydrogen-bond donors (Lipinski definition) is 2. The van der Waals surface area contributed by atoms with Gasteiger partial charge < -0.3 is 10.2 Å². The molecule has 2 aromatic carbocycles. The monoisotopic (exact) mass is 405 g/mol. The Balaban J connectivity index is 1.53. The minimum atomic E-state index is -1.20. The second-order valence-electron chi connectivity index (χ2n) is 8.27. The van der Waals surface area contributed by atoms with Crippen molar-refractivity contribution in [3.05, 3.63) is 70.8 Å². The Hall–Kier alpha value is -3.15. The van der Waals surface area contributed by atoms with E-state index < -0.39 is 17.5 Å². The number of imide groups is 1. The van der Waals surface area contributed by atoms with Crippen LogP contribution in [0.5, 0.6) is 0 Å². The zero-order valence-corrected chi connectivity index (χ0v) is 17.4. The third-order valence-electron chi connectivity index (χ3n) is 6.41. The average Bonchev–Trinajstić information content (AvgIpc) is 3.34. The summed E-state index contributed by atoms with van der Waals surface area (Å²) in [6, 6.07) is 15.1. The van der Waals surface area contributed by atoms with Crippen LogP contribution in [0.4, 0.5) is 4.79 Å². The van der Waals surface area contributed by atoms with Crippen LogP contribution in [0, 0.1) is 13.8 Å². The lowest BCUT2D eigenvalue weighted by Gasteiger charge is -2.29. The number of carbonyl (C=O) groups excluding carboxylic acids is 3. The van der Waals surface area contributed by atoms with Gasteiger partial charge in [-0.3, -0.25) is 14.9 Å². The molecule has 30 heavy (non-hydrogen) atoms. The van der Waals surface area contributed by atoms with Crippen molar-refractivity contribution < 1.29 is 14.4 Å². The van der Waals surface area contributed by atoms with Crippen molar-refractivity contribution in [3.8, 4) is 0 Å². The molecule has 2 saturated heterocycles. The Morgan fingerprint density at radius 2 is 1.87 bits per heavy atom. The van der Waals surface area contributed by atoms with E-state index in [1.165, 1.54) is 11.1 Å². The van der Waals surface area contributed by atoms with Crippen molar-refractivity contribution in [1.82, 2.24) is 15.5 Å². The Morgan fingerprint density at radius 3 is 2.53 bits per heavy atom. The standard InChI is InChI=1S/C24H27N3O3/c1-16-10-11-18(15-17(16)2)20-9-6-14-27(20)21(28)12-13-24(19-7-4-3-5-8-19)22(29)25-23(30)26-24/h3-5,7-8,10-11,15,20H,6,9,12-14H2,1-2H3,(H2,25,26,29,30)/t20-,24-/m0/s1. The SMILES string of the molecule is Cc1ccc([C@@H]2CCCN2C(=O)CC[C@@]2(c3ccccc3)NC(=O)NC2=O)cc1C.